The van der Waals surface area contributed by atoms with E-state index in [1.807, 2.05) is 12.1 Å². The molecule has 186 valence electrons. The second-order valence-electron chi connectivity index (χ2n) is 9.06. The Kier molecular flexibility index (Phi) is 12.0. The van der Waals surface area contributed by atoms with Gasteiger partial charge >= 0.3 is 0 Å². The molecule has 8 nitrogen and oxygen atoms in total. The third-order valence-electron chi connectivity index (χ3n) is 5.59. The van der Waals surface area contributed by atoms with Crippen LogP contribution in [0.5, 0.6) is 11.5 Å². The molecule has 1 heterocycles. The van der Waals surface area contributed by atoms with E-state index in [1.54, 1.807) is 14.2 Å². The molecule has 1 aromatic heterocycles. The van der Waals surface area contributed by atoms with Crippen molar-refractivity contribution >= 4 is 22.7 Å². The van der Waals surface area contributed by atoms with Crippen molar-refractivity contribution in [3.05, 3.63) is 12.1 Å². The summed E-state index contributed by atoms with van der Waals surface area (Å²) in [7, 11) is 11.8. The molecule has 0 aliphatic rings. The number of nitrogens with one attached hydrogen (secondary N) is 2. The molecule has 0 atom stereocenters. The molecule has 33 heavy (non-hydrogen) atoms. The van der Waals surface area contributed by atoms with Crippen LogP contribution >= 0.6 is 0 Å². The zero-order valence-electron chi connectivity index (χ0n) is 21.5. The fourth-order valence-corrected chi connectivity index (χ4v) is 3.71. The molecule has 0 spiro atoms. The summed E-state index contributed by atoms with van der Waals surface area (Å²) in [6.45, 7) is 4.01. The first-order chi connectivity index (χ1) is 15.9. The van der Waals surface area contributed by atoms with Crippen LogP contribution in [0.4, 0.5) is 11.8 Å². The molecule has 2 aromatic rings. The van der Waals surface area contributed by atoms with Gasteiger partial charge in [-0.15, -0.1) is 0 Å². The molecule has 2 rings (SSSR count). The molecular formula is C25H44N6O2. The van der Waals surface area contributed by atoms with E-state index < -0.39 is 0 Å². The summed E-state index contributed by atoms with van der Waals surface area (Å²) in [6, 6.07) is 3.88. The number of rotatable bonds is 17. The van der Waals surface area contributed by atoms with Crippen LogP contribution in [0.3, 0.4) is 0 Å². The highest BCUT2D eigenvalue weighted by Gasteiger charge is 2.13. The standard InChI is InChI=1S/C25H44N6O2/c1-30(2)16-12-8-7-10-14-26-24-20-18-22(32-5)23(33-6)19-21(20)28-25(29-24)27-15-11-9-13-17-31(3)4/h18-19H,7-17H2,1-6H3,(H2,26,27,28,29). The molecular weight excluding hydrogens is 416 g/mol. The summed E-state index contributed by atoms with van der Waals surface area (Å²) in [4.78, 5) is 14.0. The van der Waals surface area contributed by atoms with Crippen LogP contribution in [-0.2, 0) is 0 Å². The summed E-state index contributed by atoms with van der Waals surface area (Å²) in [6.07, 6.45) is 8.28. The average Bonchev–Trinajstić information content (AvgIpc) is 2.79. The van der Waals surface area contributed by atoms with Gasteiger partial charge < -0.3 is 29.9 Å². The number of anilines is 2. The lowest BCUT2D eigenvalue weighted by molar-refractivity contribution is 0.356. The Hall–Kier alpha value is -2.32. The second-order valence-corrected chi connectivity index (χ2v) is 9.06. The van der Waals surface area contributed by atoms with Crippen LogP contribution in [0.15, 0.2) is 12.1 Å². The highest BCUT2D eigenvalue weighted by atomic mass is 16.5. The zero-order chi connectivity index (χ0) is 24.1. The van der Waals surface area contributed by atoms with Crippen LogP contribution in [0.25, 0.3) is 10.9 Å². The number of hydrogen-bond acceptors (Lipinski definition) is 8. The largest absolute Gasteiger partial charge is 0.493 e. The molecule has 0 saturated heterocycles. The van der Waals surface area contributed by atoms with Gasteiger partial charge in [-0.25, -0.2) is 4.98 Å². The summed E-state index contributed by atoms with van der Waals surface area (Å²) in [5, 5.41) is 7.89. The summed E-state index contributed by atoms with van der Waals surface area (Å²) >= 11 is 0. The molecule has 0 unspecified atom stereocenters. The first-order valence-electron chi connectivity index (χ1n) is 12.2. The molecule has 2 N–H and O–H groups in total. The molecule has 0 radical (unpaired) electrons. The van der Waals surface area contributed by atoms with E-state index in [1.165, 1.54) is 32.1 Å². The minimum Gasteiger partial charge on any atom is -0.493 e. The summed E-state index contributed by atoms with van der Waals surface area (Å²) < 4.78 is 11.0. The van der Waals surface area contributed by atoms with Crippen molar-refractivity contribution in [1.29, 1.82) is 0 Å². The van der Waals surface area contributed by atoms with Crippen molar-refractivity contribution in [2.24, 2.45) is 0 Å². The number of methoxy groups -OCH3 is 2. The number of nitrogens with zero attached hydrogens (tertiary/aromatic N) is 4. The van der Waals surface area contributed by atoms with Crippen molar-refractivity contribution in [3.63, 3.8) is 0 Å². The van der Waals surface area contributed by atoms with Crippen molar-refractivity contribution in [2.75, 3.05) is 79.2 Å². The number of aromatic nitrogens is 2. The fraction of sp³-hybridized carbons (Fsp3) is 0.680. The third-order valence-corrected chi connectivity index (χ3v) is 5.59. The van der Waals surface area contributed by atoms with Gasteiger partial charge in [0.2, 0.25) is 5.95 Å². The predicted octanol–water partition coefficient (Wildman–Crippen LogP) is 4.32. The maximum absolute atomic E-state index is 5.51. The molecule has 0 bridgehead atoms. The quantitative estimate of drug-likeness (QED) is 0.338. The Balaban J connectivity index is 2.03. The Labute approximate surface area is 200 Å². The predicted molar refractivity (Wildman–Crippen MR) is 139 cm³/mol. The maximum atomic E-state index is 5.51. The topological polar surface area (TPSA) is 74.8 Å². The number of fused-ring (bicyclic) bond motifs is 1. The van der Waals surface area contributed by atoms with E-state index in [-0.39, 0.29) is 0 Å². The average molecular weight is 461 g/mol. The molecule has 0 fully saturated rings. The van der Waals surface area contributed by atoms with Gasteiger partial charge in [-0.1, -0.05) is 19.3 Å². The molecule has 0 amide bonds. The first kappa shape index (κ1) is 26.9. The van der Waals surface area contributed by atoms with Gasteiger partial charge in [0.05, 0.1) is 19.7 Å². The van der Waals surface area contributed by atoms with Gasteiger partial charge in [0.1, 0.15) is 5.82 Å². The lowest BCUT2D eigenvalue weighted by Crippen LogP contribution is -2.13. The van der Waals surface area contributed by atoms with Gasteiger partial charge in [0, 0.05) is 24.5 Å². The highest BCUT2D eigenvalue weighted by molar-refractivity contribution is 5.92. The van der Waals surface area contributed by atoms with Crippen molar-refractivity contribution in [2.45, 2.75) is 44.9 Å². The van der Waals surface area contributed by atoms with E-state index in [0.29, 0.717) is 17.4 Å². The van der Waals surface area contributed by atoms with Gasteiger partial charge in [-0.2, -0.15) is 4.98 Å². The number of hydrogen-bond donors (Lipinski definition) is 2. The third kappa shape index (κ3) is 9.60. The minimum absolute atomic E-state index is 0.649. The lowest BCUT2D eigenvalue weighted by atomic mass is 10.1. The fourth-order valence-electron chi connectivity index (χ4n) is 3.71. The lowest BCUT2D eigenvalue weighted by Gasteiger charge is -2.15. The van der Waals surface area contributed by atoms with Crippen LogP contribution < -0.4 is 20.1 Å². The van der Waals surface area contributed by atoms with Gasteiger partial charge in [0.25, 0.3) is 0 Å². The molecule has 0 aliphatic heterocycles. The summed E-state index contributed by atoms with van der Waals surface area (Å²) in [5.74, 6) is 2.84. The second kappa shape index (κ2) is 14.8. The molecule has 1 aromatic carbocycles. The number of benzene rings is 1. The minimum atomic E-state index is 0.649. The van der Waals surface area contributed by atoms with Gasteiger partial charge in [-0.05, 0) is 73.0 Å². The molecule has 8 heteroatoms. The Morgan fingerprint density at radius 3 is 1.85 bits per heavy atom. The van der Waals surface area contributed by atoms with E-state index in [9.17, 15) is 0 Å². The van der Waals surface area contributed by atoms with E-state index >= 15 is 0 Å². The van der Waals surface area contributed by atoms with Crippen LogP contribution in [0.1, 0.15) is 44.9 Å². The zero-order valence-corrected chi connectivity index (χ0v) is 21.5. The van der Waals surface area contributed by atoms with E-state index in [0.717, 1.165) is 55.7 Å². The Morgan fingerprint density at radius 1 is 0.697 bits per heavy atom. The van der Waals surface area contributed by atoms with Crippen LogP contribution in [0, 0.1) is 0 Å². The number of ether oxygens (including phenoxy) is 2. The Bertz CT molecular complexity index is 828. The normalized spacial score (nSPS) is 11.4. The van der Waals surface area contributed by atoms with Gasteiger partial charge in [0.15, 0.2) is 11.5 Å². The molecule has 0 aliphatic carbocycles. The van der Waals surface area contributed by atoms with Gasteiger partial charge in [-0.3, -0.25) is 0 Å². The van der Waals surface area contributed by atoms with Crippen molar-refractivity contribution in [1.82, 2.24) is 19.8 Å². The number of unbranched alkanes of at least 4 members (excludes halogenated alkanes) is 5. The Morgan fingerprint density at radius 2 is 1.24 bits per heavy atom. The maximum Gasteiger partial charge on any atom is 0.225 e. The monoisotopic (exact) mass is 460 g/mol. The van der Waals surface area contributed by atoms with Crippen molar-refractivity contribution in [3.8, 4) is 11.5 Å². The summed E-state index contributed by atoms with van der Waals surface area (Å²) in [5.41, 5.74) is 0.839. The van der Waals surface area contributed by atoms with E-state index in [4.69, 9.17) is 19.4 Å². The highest BCUT2D eigenvalue weighted by Crippen LogP contribution is 2.34. The molecule has 0 saturated carbocycles. The first-order valence-corrected chi connectivity index (χ1v) is 12.2. The smallest absolute Gasteiger partial charge is 0.225 e. The SMILES string of the molecule is COc1cc2nc(NCCCCCN(C)C)nc(NCCCCCCN(C)C)c2cc1OC. The van der Waals surface area contributed by atoms with Crippen molar-refractivity contribution < 1.29 is 9.47 Å². The van der Waals surface area contributed by atoms with Crippen LogP contribution in [-0.4, -0.2) is 88.4 Å². The van der Waals surface area contributed by atoms with Crippen LogP contribution in [0.2, 0.25) is 0 Å². The van der Waals surface area contributed by atoms with E-state index in [2.05, 4.69) is 48.6 Å².